The minimum absolute atomic E-state index is 0.298. The summed E-state index contributed by atoms with van der Waals surface area (Å²) in [5, 5.41) is 0. The van der Waals surface area contributed by atoms with E-state index in [0.29, 0.717) is 12.1 Å². The fourth-order valence-electron chi connectivity index (χ4n) is 1.51. The average Bonchev–Trinajstić information content (AvgIpc) is 2.27. The van der Waals surface area contributed by atoms with Crippen LogP contribution in [0.5, 0.6) is 0 Å². The van der Waals surface area contributed by atoms with E-state index in [1.54, 1.807) is 31.3 Å². The standard InChI is InChI=1S/C11H15F2N3O/c1-16(7-10(12)13)6-8-3-2-4-9(5-8)11(17)15-14/h2-5,10H,6-7,14H2,1H3,(H,15,17). The highest BCUT2D eigenvalue weighted by Gasteiger charge is 2.09. The lowest BCUT2D eigenvalue weighted by molar-refractivity contribution is 0.0947. The molecule has 17 heavy (non-hydrogen) atoms. The van der Waals surface area contributed by atoms with Crippen molar-refractivity contribution < 1.29 is 13.6 Å². The molecule has 0 bridgehead atoms. The highest BCUT2D eigenvalue weighted by atomic mass is 19.3. The number of alkyl halides is 2. The number of nitrogens with two attached hydrogens (primary N) is 1. The topological polar surface area (TPSA) is 58.4 Å². The molecule has 0 saturated carbocycles. The number of halogens is 2. The lowest BCUT2D eigenvalue weighted by Crippen LogP contribution is -2.30. The molecule has 1 aromatic carbocycles. The number of rotatable bonds is 5. The van der Waals surface area contributed by atoms with Crippen molar-refractivity contribution in [2.75, 3.05) is 13.6 Å². The Morgan fingerprint density at radius 2 is 2.24 bits per heavy atom. The van der Waals surface area contributed by atoms with Gasteiger partial charge in [0.2, 0.25) is 0 Å². The first-order valence-electron chi connectivity index (χ1n) is 5.09. The van der Waals surface area contributed by atoms with Gasteiger partial charge in [-0.15, -0.1) is 0 Å². The van der Waals surface area contributed by atoms with Crippen LogP contribution in [0, 0.1) is 0 Å². The number of amides is 1. The first-order chi connectivity index (χ1) is 8.02. The van der Waals surface area contributed by atoms with Crippen LogP contribution in [0.4, 0.5) is 8.78 Å². The summed E-state index contributed by atoms with van der Waals surface area (Å²) in [6, 6.07) is 6.70. The summed E-state index contributed by atoms with van der Waals surface area (Å²) in [5.41, 5.74) is 3.22. The summed E-state index contributed by atoms with van der Waals surface area (Å²) >= 11 is 0. The van der Waals surface area contributed by atoms with E-state index in [1.807, 2.05) is 5.43 Å². The molecule has 3 N–H and O–H groups in total. The van der Waals surface area contributed by atoms with E-state index in [1.165, 1.54) is 4.90 Å². The number of carbonyl (C=O) groups is 1. The molecule has 1 rings (SSSR count). The molecule has 0 radical (unpaired) electrons. The third-order valence-corrected chi connectivity index (χ3v) is 2.22. The zero-order chi connectivity index (χ0) is 12.8. The normalized spacial score (nSPS) is 10.9. The van der Waals surface area contributed by atoms with Gasteiger partial charge in [-0.3, -0.25) is 15.1 Å². The fraction of sp³-hybridized carbons (Fsp3) is 0.364. The van der Waals surface area contributed by atoms with Crippen LogP contribution >= 0.6 is 0 Å². The van der Waals surface area contributed by atoms with Crippen molar-refractivity contribution in [2.45, 2.75) is 13.0 Å². The predicted octanol–water partition coefficient (Wildman–Crippen LogP) is 0.987. The number of hydrogen-bond donors (Lipinski definition) is 2. The Morgan fingerprint density at radius 3 is 2.82 bits per heavy atom. The number of benzene rings is 1. The van der Waals surface area contributed by atoms with Gasteiger partial charge in [-0.05, 0) is 24.7 Å². The molecule has 0 fully saturated rings. The van der Waals surface area contributed by atoms with Crippen LogP contribution < -0.4 is 11.3 Å². The Bertz CT molecular complexity index is 385. The predicted molar refractivity (Wildman–Crippen MR) is 60.4 cm³/mol. The maximum absolute atomic E-state index is 12.1. The number of hydrogen-bond acceptors (Lipinski definition) is 3. The summed E-state index contributed by atoms with van der Waals surface area (Å²) < 4.78 is 24.3. The fourth-order valence-corrected chi connectivity index (χ4v) is 1.51. The summed E-state index contributed by atoms with van der Waals surface area (Å²) in [4.78, 5) is 12.7. The second-order valence-electron chi connectivity index (χ2n) is 3.76. The van der Waals surface area contributed by atoms with Crippen molar-refractivity contribution in [3.63, 3.8) is 0 Å². The van der Waals surface area contributed by atoms with E-state index in [9.17, 15) is 13.6 Å². The Balaban J connectivity index is 2.68. The molecule has 0 heterocycles. The molecular weight excluding hydrogens is 228 g/mol. The van der Waals surface area contributed by atoms with Crippen molar-refractivity contribution in [3.8, 4) is 0 Å². The number of nitrogens with one attached hydrogen (secondary N) is 1. The van der Waals surface area contributed by atoms with Gasteiger partial charge in [0.15, 0.2) is 0 Å². The maximum Gasteiger partial charge on any atom is 0.265 e. The number of nitrogen functional groups attached to an aromatic ring is 1. The van der Waals surface area contributed by atoms with E-state index in [4.69, 9.17) is 5.84 Å². The second-order valence-corrected chi connectivity index (χ2v) is 3.76. The Hall–Kier alpha value is -1.53. The Labute approximate surface area is 98.4 Å². The lowest BCUT2D eigenvalue weighted by atomic mass is 10.1. The van der Waals surface area contributed by atoms with Crippen LogP contribution in [0.1, 0.15) is 15.9 Å². The monoisotopic (exact) mass is 243 g/mol. The minimum Gasteiger partial charge on any atom is -0.297 e. The molecule has 94 valence electrons. The quantitative estimate of drug-likeness (QED) is 0.460. The highest BCUT2D eigenvalue weighted by molar-refractivity contribution is 5.93. The van der Waals surface area contributed by atoms with Gasteiger partial charge in [0, 0.05) is 12.1 Å². The van der Waals surface area contributed by atoms with Gasteiger partial charge in [0.05, 0.1) is 6.54 Å². The second kappa shape index (κ2) is 6.27. The molecule has 1 aromatic rings. The van der Waals surface area contributed by atoms with Crippen LogP contribution in [0.25, 0.3) is 0 Å². The minimum atomic E-state index is -2.37. The molecular formula is C11H15F2N3O. The van der Waals surface area contributed by atoms with Crippen molar-refractivity contribution in [1.29, 1.82) is 0 Å². The van der Waals surface area contributed by atoms with E-state index >= 15 is 0 Å². The van der Waals surface area contributed by atoms with Gasteiger partial charge in [0.1, 0.15) is 0 Å². The summed E-state index contributed by atoms with van der Waals surface area (Å²) in [6.07, 6.45) is -2.37. The van der Waals surface area contributed by atoms with Gasteiger partial charge in [-0.25, -0.2) is 14.6 Å². The molecule has 0 aliphatic rings. The summed E-state index contributed by atoms with van der Waals surface area (Å²) in [5.74, 6) is 4.61. The van der Waals surface area contributed by atoms with Gasteiger partial charge >= 0.3 is 0 Å². The highest BCUT2D eigenvalue weighted by Crippen LogP contribution is 2.08. The molecule has 0 saturated heterocycles. The van der Waals surface area contributed by atoms with Gasteiger partial charge in [0.25, 0.3) is 12.3 Å². The first kappa shape index (κ1) is 13.5. The lowest BCUT2D eigenvalue weighted by Gasteiger charge is -2.16. The number of carbonyl (C=O) groups excluding carboxylic acids is 1. The molecule has 1 amide bonds. The van der Waals surface area contributed by atoms with Crippen LogP contribution in [0.2, 0.25) is 0 Å². The zero-order valence-corrected chi connectivity index (χ0v) is 9.49. The SMILES string of the molecule is CN(Cc1cccc(C(=O)NN)c1)CC(F)F. The van der Waals surface area contributed by atoms with E-state index in [2.05, 4.69) is 0 Å². The van der Waals surface area contributed by atoms with Crippen LogP contribution in [0.3, 0.4) is 0 Å². The molecule has 0 unspecified atom stereocenters. The Morgan fingerprint density at radius 1 is 1.53 bits per heavy atom. The molecule has 4 nitrogen and oxygen atoms in total. The van der Waals surface area contributed by atoms with Crippen molar-refractivity contribution in [2.24, 2.45) is 5.84 Å². The molecule has 0 aliphatic carbocycles. The molecule has 0 spiro atoms. The van der Waals surface area contributed by atoms with Crippen LogP contribution in [-0.4, -0.2) is 30.8 Å². The van der Waals surface area contributed by atoms with E-state index in [0.717, 1.165) is 5.56 Å². The largest absolute Gasteiger partial charge is 0.297 e. The third kappa shape index (κ3) is 4.46. The number of hydrazine groups is 1. The summed E-state index contributed by atoms with van der Waals surface area (Å²) in [7, 11) is 1.60. The maximum atomic E-state index is 12.1. The molecule has 0 aliphatic heterocycles. The van der Waals surface area contributed by atoms with Gasteiger partial charge < -0.3 is 0 Å². The van der Waals surface area contributed by atoms with Gasteiger partial charge in [-0.1, -0.05) is 12.1 Å². The van der Waals surface area contributed by atoms with Crippen LogP contribution in [0.15, 0.2) is 24.3 Å². The van der Waals surface area contributed by atoms with Gasteiger partial charge in [-0.2, -0.15) is 0 Å². The zero-order valence-electron chi connectivity index (χ0n) is 9.49. The van der Waals surface area contributed by atoms with Crippen LogP contribution in [-0.2, 0) is 6.54 Å². The number of nitrogens with zero attached hydrogens (tertiary/aromatic N) is 1. The third-order valence-electron chi connectivity index (χ3n) is 2.22. The van der Waals surface area contributed by atoms with Crippen molar-refractivity contribution >= 4 is 5.91 Å². The average molecular weight is 243 g/mol. The smallest absolute Gasteiger partial charge is 0.265 e. The molecule has 0 atom stereocenters. The summed E-state index contributed by atoms with van der Waals surface area (Å²) in [6.45, 7) is 0.0589. The molecule has 0 aromatic heterocycles. The molecule has 6 heteroatoms. The van der Waals surface area contributed by atoms with Crippen molar-refractivity contribution in [3.05, 3.63) is 35.4 Å². The van der Waals surface area contributed by atoms with Crippen molar-refractivity contribution in [1.82, 2.24) is 10.3 Å². The van der Waals surface area contributed by atoms with E-state index in [-0.39, 0.29) is 6.54 Å². The Kier molecular flexibility index (Phi) is 4.99. The van der Waals surface area contributed by atoms with E-state index < -0.39 is 12.3 Å². The first-order valence-corrected chi connectivity index (χ1v) is 5.09.